The van der Waals surface area contributed by atoms with Crippen LogP contribution in [0.4, 0.5) is 4.79 Å². The molecule has 1 saturated heterocycles. The van der Waals surface area contributed by atoms with Crippen LogP contribution in [0, 0.1) is 0 Å². The fourth-order valence-electron chi connectivity index (χ4n) is 3.84. The molecule has 4 aromatic rings. The fraction of sp³-hybridized carbons (Fsp3) is 0.333. The van der Waals surface area contributed by atoms with Gasteiger partial charge in [0, 0.05) is 26.1 Å². The molecule has 0 radical (unpaired) electrons. The van der Waals surface area contributed by atoms with E-state index in [9.17, 15) is 4.79 Å². The third-order valence-electron chi connectivity index (χ3n) is 5.47. The summed E-state index contributed by atoms with van der Waals surface area (Å²) in [5.41, 5.74) is 0.966. The maximum Gasteiger partial charge on any atom is 0.317 e. The van der Waals surface area contributed by atoms with E-state index in [1.54, 1.807) is 17.7 Å². The number of nitrogens with one attached hydrogen (secondary N) is 1. The van der Waals surface area contributed by atoms with Gasteiger partial charge in [0.2, 0.25) is 0 Å². The molecule has 154 valence electrons. The molecule has 1 aliphatic rings. The summed E-state index contributed by atoms with van der Waals surface area (Å²) in [6.07, 6.45) is 3.51. The first kappa shape index (κ1) is 18.8. The van der Waals surface area contributed by atoms with Crippen molar-refractivity contribution in [3.05, 3.63) is 54.3 Å². The molecule has 0 bridgehead atoms. The zero-order valence-electron chi connectivity index (χ0n) is 16.6. The number of fused-ring (bicyclic) bond motifs is 1. The van der Waals surface area contributed by atoms with Gasteiger partial charge in [-0.15, -0.1) is 21.5 Å². The van der Waals surface area contributed by atoms with Crippen LogP contribution in [0.3, 0.4) is 0 Å². The molecule has 5 rings (SSSR count). The molecule has 3 aromatic heterocycles. The first-order valence-corrected chi connectivity index (χ1v) is 10.8. The Kier molecular flexibility index (Phi) is 4.96. The Morgan fingerprint density at radius 1 is 1.23 bits per heavy atom. The van der Waals surface area contributed by atoms with Crippen LogP contribution in [0.25, 0.3) is 21.0 Å². The Morgan fingerprint density at radius 2 is 2.07 bits per heavy atom. The number of urea groups is 1. The summed E-state index contributed by atoms with van der Waals surface area (Å²) in [6.45, 7) is 1.77. The largest absolute Gasteiger partial charge is 0.457 e. The van der Waals surface area contributed by atoms with E-state index in [0.29, 0.717) is 31.3 Å². The molecule has 0 saturated carbocycles. The van der Waals surface area contributed by atoms with E-state index in [-0.39, 0.29) is 6.03 Å². The van der Waals surface area contributed by atoms with Crippen molar-refractivity contribution < 1.29 is 9.21 Å². The summed E-state index contributed by atoms with van der Waals surface area (Å²) in [5.74, 6) is 2.78. The number of furan rings is 1. The minimum atomic E-state index is -0.0654. The fourth-order valence-corrected chi connectivity index (χ4v) is 4.77. The van der Waals surface area contributed by atoms with E-state index in [4.69, 9.17) is 4.42 Å². The van der Waals surface area contributed by atoms with Crippen LogP contribution in [0.1, 0.15) is 30.3 Å². The molecule has 8 nitrogen and oxygen atoms in total. The molecule has 1 aliphatic heterocycles. The zero-order chi connectivity index (χ0) is 20.5. The summed E-state index contributed by atoms with van der Waals surface area (Å²) in [5, 5.41) is 12.0. The highest BCUT2D eigenvalue weighted by atomic mass is 32.1. The Bertz CT molecular complexity index is 1140. The second-order valence-electron chi connectivity index (χ2n) is 7.47. The van der Waals surface area contributed by atoms with E-state index in [2.05, 4.69) is 20.5 Å². The van der Waals surface area contributed by atoms with Gasteiger partial charge in [-0.2, -0.15) is 0 Å². The Labute approximate surface area is 177 Å². The summed E-state index contributed by atoms with van der Waals surface area (Å²) in [6, 6.07) is 11.8. The Balaban J connectivity index is 1.16. The first-order valence-electron chi connectivity index (χ1n) is 9.99. The number of nitrogens with zero attached hydrogens (tertiary/aromatic N) is 5. The number of benzene rings is 1. The molecule has 0 unspecified atom stereocenters. The number of aryl methyl sites for hydroxylation is 1. The molecular formula is C21H22N6O2S. The van der Waals surface area contributed by atoms with Crippen LogP contribution >= 0.6 is 11.3 Å². The molecule has 1 N–H and O–H groups in total. The van der Waals surface area contributed by atoms with Gasteiger partial charge in [0.25, 0.3) is 0 Å². The number of piperidine rings is 1. The topological polar surface area (TPSA) is 89.1 Å². The van der Waals surface area contributed by atoms with E-state index >= 15 is 0 Å². The number of hydrogen-bond donors (Lipinski definition) is 1. The lowest BCUT2D eigenvalue weighted by molar-refractivity contribution is 0.179. The van der Waals surface area contributed by atoms with Crippen molar-refractivity contribution in [2.45, 2.75) is 25.3 Å². The van der Waals surface area contributed by atoms with Crippen LogP contribution in [0.5, 0.6) is 0 Å². The second kappa shape index (κ2) is 7.91. The number of carbonyl (C=O) groups is 1. The van der Waals surface area contributed by atoms with Gasteiger partial charge in [-0.1, -0.05) is 12.1 Å². The SMILES string of the molecule is Cn1cnnc1C1CCN(C(=O)NCc2ccc(-c3nc4ccccc4s3)o2)CC1. The van der Waals surface area contributed by atoms with Gasteiger partial charge in [-0.25, -0.2) is 9.78 Å². The highest BCUT2D eigenvalue weighted by molar-refractivity contribution is 7.21. The van der Waals surface area contributed by atoms with Crippen LogP contribution in [0.2, 0.25) is 0 Å². The number of likely N-dealkylation sites (tertiary alicyclic amines) is 1. The number of carbonyl (C=O) groups excluding carboxylic acids is 1. The molecule has 30 heavy (non-hydrogen) atoms. The monoisotopic (exact) mass is 422 g/mol. The van der Waals surface area contributed by atoms with E-state index < -0.39 is 0 Å². The van der Waals surface area contributed by atoms with Gasteiger partial charge in [-0.3, -0.25) is 0 Å². The van der Waals surface area contributed by atoms with Crippen LogP contribution < -0.4 is 5.32 Å². The van der Waals surface area contributed by atoms with Crippen molar-refractivity contribution in [2.75, 3.05) is 13.1 Å². The zero-order valence-corrected chi connectivity index (χ0v) is 17.4. The van der Waals surface area contributed by atoms with Gasteiger partial charge in [0.1, 0.15) is 17.9 Å². The third kappa shape index (κ3) is 3.68. The molecule has 0 atom stereocenters. The lowest BCUT2D eigenvalue weighted by atomic mass is 9.96. The quantitative estimate of drug-likeness (QED) is 0.541. The van der Waals surface area contributed by atoms with Gasteiger partial charge in [0.15, 0.2) is 10.8 Å². The number of para-hydroxylation sites is 1. The van der Waals surface area contributed by atoms with Crippen molar-refractivity contribution >= 4 is 27.6 Å². The molecule has 9 heteroatoms. The minimum absolute atomic E-state index is 0.0654. The standard InChI is InChI=1S/C21H22N6O2S/c1-26-13-23-25-19(26)14-8-10-27(11-9-14)21(28)22-12-15-6-7-17(29-15)20-24-16-4-2-3-5-18(16)30-20/h2-7,13-14H,8-12H2,1H3,(H,22,28). The number of rotatable bonds is 4. The maximum absolute atomic E-state index is 12.6. The summed E-state index contributed by atoms with van der Waals surface area (Å²) < 4.78 is 9.00. The van der Waals surface area contributed by atoms with Gasteiger partial charge >= 0.3 is 6.03 Å². The van der Waals surface area contributed by atoms with Gasteiger partial charge in [-0.05, 0) is 37.1 Å². The number of hydrogen-bond acceptors (Lipinski definition) is 6. The molecule has 2 amide bonds. The molecular weight excluding hydrogens is 400 g/mol. The van der Waals surface area contributed by atoms with E-state index in [0.717, 1.165) is 39.7 Å². The average Bonchev–Trinajstić information content (AvgIpc) is 3.51. The van der Waals surface area contributed by atoms with Crippen LogP contribution in [-0.4, -0.2) is 43.8 Å². The first-order chi connectivity index (χ1) is 14.7. The molecule has 4 heterocycles. The van der Waals surface area contributed by atoms with Crippen LogP contribution in [0.15, 0.2) is 47.1 Å². The minimum Gasteiger partial charge on any atom is -0.457 e. The van der Waals surface area contributed by atoms with Gasteiger partial charge in [0.05, 0.1) is 16.8 Å². The molecule has 1 fully saturated rings. The Morgan fingerprint density at radius 3 is 2.83 bits per heavy atom. The number of amides is 2. The highest BCUT2D eigenvalue weighted by Crippen LogP contribution is 2.31. The summed E-state index contributed by atoms with van der Waals surface area (Å²) >= 11 is 1.60. The molecule has 0 spiro atoms. The molecule has 1 aromatic carbocycles. The predicted octanol–water partition coefficient (Wildman–Crippen LogP) is 3.77. The van der Waals surface area contributed by atoms with Crippen molar-refractivity contribution in [2.24, 2.45) is 7.05 Å². The summed E-state index contributed by atoms with van der Waals surface area (Å²) in [4.78, 5) is 19.0. The highest BCUT2D eigenvalue weighted by Gasteiger charge is 2.26. The summed E-state index contributed by atoms with van der Waals surface area (Å²) in [7, 11) is 1.96. The van der Waals surface area contributed by atoms with Crippen molar-refractivity contribution in [3.63, 3.8) is 0 Å². The van der Waals surface area contributed by atoms with Crippen LogP contribution in [-0.2, 0) is 13.6 Å². The average molecular weight is 423 g/mol. The maximum atomic E-state index is 12.6. The lowest BCUT2D eigenvalue weighted by Crippen LogP contribution is -2.44. The smallest absolute Gasteiger partial charge is 0.317 e. The predicted molar refractivity (Wildman–Crippen MR) is 114 cm³/mol. The molecule has 0 aliphatic carbocycles. The normalized spacial score (nSPS) is 15.0. The third-order valence-corrected chi connectivity index (χ3v) is 6.52. The van der Waals surface area contributed by atoms with E-state index in [1.165, 1.54) is 0 Å². The van der Waals surface area contributed by atoms with Crippen molar-refractivity contribution in [1.29, 1.82) is 0 Å². The lowest BCUT2D eigenvalue weighted by Gasteiger charge is -2.31. The van der Waals surface area contributed by atoms with Gasteiger partial charge < -0.3 is 19.2 Å². The second-order valence-corrected chi connectivity index (χ2v) is 8.50. The number of aromatic nitrogens is 4. The Hall–Kier alpha value is -3.20. The van der Waals surface area contributed by atoms with Crippen molar-refractivity contribution in [1.82, 2.24) is 30.0 Å². The number of thiazole rings is 1. The van der Waals surface area contributed by atoms with Crippen molar-refractivity contribution in [3.8, 4) is 10.8 Å². The van der Waals surface area contributed by atoms with E-state index in [1.807, 2.05) is 52.9 Å².